The van der Waals surface area contributed by atoms with Gasteiger partial charge in [-0.25, -0.2) is 8.42 Å². The average Bonchev–Trinajstić information content (AvgIpc) is 2.79. The Kier molecular flexibility index (Phi) is 3.67. The summed E-state index contributed by atoms with van der Waals surface area (Å²) in [4.78, 5) is 10.0. The number of hydrogen-bond donors (Lipinski definition) is 1. The second-order valence-corrected chi connectivity index (χ2v) is 6.82. The predicted molar refractivity (Wildman–Crippen MR) is 77.1 cm³/mol. The van der Waals surface area contributed by atoms with Crippen LogP contribution in [0.25, 0.3) is 0 Å². The van der Waals surface area contributed by atoms with E-state index in [1.165, 1.54) is 30.3 Å². The molecule has 0 amide bonds. The Bertz CT molecular complexity index is 805. The largest absolute Gasteiger partial charge is 0.311 e. The van der Waals surface area contributed by atoms with Crippen LogP contribution in [0.5, 0.6) is 0 Å². The van der Waals surface area contributed by atoms with Gasteiger partial charge in [0, 0.05) is 25.2 Å². The van der Waals surface area contributed by atoms with Gasteiger partial charge >= 0.3 is 0 Å². The van der Waals surface area contributed by atoms with Gasteiger partial charge in [0.05, 0.1) is 10.6 Å². The van der Waals surface area contributed by atoms with Gasteiger partial charge in [0.25, 0.3) is 5.69 Å². The molecule has 0 fully saturated rings. The van der Waals surface area contributed by atoms with E-state index in [2.05, 4.69) is 10.4 Å². The van der Waals surface area contributed by atoms with Gasteiger partial charge in [-0.2, -0.15) is 5.10 Å². The first-order valence-electron chi connectivity index (χ1n) is 6.76. The predicted octanol–water partition coefficient (Wildman–Crippen LogP) is 1.12. The van der Waals surface area contributed by atoms with Crippen LogP contribution < -0.4 is 5.32 Å². The summed E-state index contributed by atoms with van der Waals surface area (Å²) in [5.74, 6) is 0. The molecule has 0 bridgehead atoms. The van der Waals surface area contributed by atoms with Crippen molar-refractivity contribution in [2.24, 2.45) is 0 Å². The first-order chi connectivity index (χ1) is 10.5. The van der Waals surface area contributed by atoms with E-state index in [9.17, 15) is 18.5 Å². The van der Waals surface area contributed by atoms with Gasteiger partial charge in [-0.15, -0.1) is 0 Å². The smallest absolute Gasteiger partial charge is 0.288 e. The molecular formula is C13H14N4O4S. The van der Waals surface area contributed by atoms with E-state index in [0.717, 1.165) is 18.7 Å². The van der Waals surface area contributed by atoms with Crippen molar-refractivity contribution < 1.29 is 13.3 Å². The Hall–Kier alpha value is -2.26. The standard InChI is InChI=1S/C13H14N4O4S/c18-17(19)11-4-1-2-5-12(11)22(20,21)13-8-10-9-14-6-3-7-16(10)15-13/h1-2,4-5,8,14H,3,6-7,9H2. The number of para-hydroxylation sites is 1. The molecule has 0 saturated heterocycles. The number of nitrogens with one attached hydrogen (secondary N) is 1. The maximum absolute atomic E-state index is 12.7. The zero-order chi connectivity index (χ0) is 15.7. The Morgan fingerprint density at radius 2 is 2.09 bits per heavy atom. The minimum absolute atomic E-state index is 0.152. The molecule has 1 aromatic carbocycles. The summed E-state index contributed by atoms with van der Waals surface area (Å²) in [5.41, 5.74) is 0.318. The van der Waals surface area contributed by atoms with Crippen molar-refractivity contribution in [3.63, 3.8) is 0 Å². The lowest BCUT2D eigenvalue weighted by Crippen LogP contribution is -2.12. The molecule has 3 rings (SSSR count). The number of fused-ring (bicyclic) bond motifs is 1. The monoisotopic (exact) mass is 322 g/mol. The van der Waals surface area contributed by atoms with Crippen molar-refractivity contribution in [2.45, 2.75) is 29.4 Å². The lowest BCUT2D eigenvalue weighted by molar-refractivity contribution is -0.387. The lowest BCUT2D eigenvalue weighted by atomic mass is 10.3. The van der Waals surface area contributed by atoms with E-state index in [1.54, 1.807) is 4.68 Å². The van der Waals surface area contributed by atoms with Gasteiger partial charge in [-0.1, -0.05) is 12.1 Å². The molecule has 0 spiro atoms. The summed E-state index contributed by atoms with van der Waals surface area (Å²) in [7, 11) is -4.02. The average molecular weight is 322 g/mol. The van der Waals surface area contributed by atoms with Crippen LogP contribution >= 0.6 is 0 Å². The van der Waals surface area contributed by atoms with Crippen LogP contribution in [0, 0.1) is 10.1 Å². The van der Waals surface area contributed by atoms with Gasteiger partial charge in [-0.3, -0.25) is 14.8 Å². The number of nitrogens with zero attached hydrogens (tertiary/aromatic N) is 3. The van der Waals surface area contributed by atoms with Gasteiger partial charge in [0.15, 0.2) is 9.92 Å². The molecule has 0 radical (unpaired) electrons. The number of sulfone groups is 1. The SMILES string of the molecule is O=[N+]([O-])c1ccccc1S(=O)(=O)c1cc2n(n1)CCCNC2. The molecule has 0 saturated carbocycles. The van der Waals surface area contributed by atoms with Crippen molar-refractivity contribution in [3.05, 3.63) is 46.1 Å². The van der Waals surface area contributed by atoms with Gasteiger partial charge in [0.2, 0.25) is 9.84 Å². The number of aryl methyl sites for hydroxylation is 1. The molecule has 1 aromatic heterocycles. The summed E-state index contributed by atoms with van der Waals surface area (Å²) in [6.07, 6.45) is 0.847. The molecule has 9 heteroatoms. The van der Waals surface area contributed by atoms with E-state index in [0.29, 0.717) is 13.1 Å². The molecule has 22 heavy (non-hydrogen) atoms. The third-order valence-electron chi connectivity index (χ3n) is 3.50. The fraction of sp³-hybridized carbons (Fsp3) is 0.308. The Morgan fingerprint density at radius 3 is 2.86 bits per heavy atom. The number of rotatable bonds is 3. The number of hydrogen-bond acceptors (Lipinski definition) is 6. The van der Waals surface area contributed by atoms with Crippen molar-refractivity contribution in [1.29, 1.82) is 0 Å². The van der Waals surface area contributed by atoms with Crippen molar-refractivity contribution >= 4 is 15.5 Å². The zero-order valence-corrected chi connectivity index (χ0v) is 12.4. The van der Waals surface area contributed by atoms with Gasteiger partial charge in [-0.05, 0) is 19.0 Å². The highest BCUT2D eigenvalue weighted by Gasteiger charge is 2.30. The van der Waals surface area contributed by atoms with Crippen LogP contribution in [0.1, 0.15) is 12.1 Å². The van der Waals surface area contributed by atoms with Crippen molar-refractivity contribution in [1.82, 2.24) is 15.1 Å². The Balaban J connectivity index is 2.10. The lowest BCUT2D eigenvalue weighted by Gasteiger charge is -2.02. The molecule has 0 aliphatic carbocycles. The third-order valence-corrected chi connectivity index (χ3v) is 5.17. The molecule has 1 aliphatic rings. The Labute approximate surface area is 126 Å². The molecule has 116 valence electrons. The van der Waals surface area contributed by atoms with E-state index in [-0.39, 0.29) is 9.92 Å². The van der Waals surface area contributed by atoms with E-state index in [4.69, 9.17) is 0 Å². The topological polar surface area (TPSA) is 107 Å². The highest BCUT2D eigenvalue weighted by Crippen LogP contribution is 2.28. The van der Waals surface area contributed by atoms with Crippen LogP contribution in [-0.2, 0) is 22.9 Å². The fourth-order valence-corrected chi connectivity index (χ4v) is 3.81. The molecule has 1 aliphatic heterocycles. The summed E-state index contributed by atoms with van der Waals surface area (Å²) in [6.45, 7) is 1.99. The van der Waals surface area contributed by atoms with Crippen molar-refractivity contribution in [3.8, 4) is 0 Å². The van der Waals surface area contributed by atoms with Crippen LogP contribution in [0.2, 0.25) is 0 Å². The summed E-state index contributed by atoms with van der Waals surface area (Å²) in [6, 6.07) is 6.78. The second-order valence-electron chi connectivity index (χ2n) is 4.96. The third kappa shape index (κ3) is 2.48. The molecule has 2 aromatic rings. The van der Waals surface area contributed by atoms with Crippen LogP contribution in [0.4, 0.5) is 5.69 Å². The van der Waals surface area contributed by atoms with E-state index in [1.807, 2.05) is 0 Å². The summed E-state index contributed by atoms with van der Waals surface area (Å²) < 4.78 is 27.0. The highest BCUT2D eigenvalue weighted by molar-refractivity contribution is 7.91. The molecule has 0 unspecified atom stereocenters. The van der Waals surface area contributed by atoms with Gasteiger partial charge < -0.3 is 5.32 Å². The number of benzene rings is 1. The van der Waals surface area contributed by atoms with Crippen LogP contribution in [-0.4, -0.2) is 29.7 Å². The van der Waals surface area contributed by atoms with Crippen LogP contribution in [0.3, 0.4) is 0 Å². The molecule has 2 heterocycles. The highest BCUT2D eigenvalue weighted by atomic mass is 32.2. The number of nitro groups is 1. The molecular weight excluding hydrogens is 308 g/mol. The minimum Gasteiger partial charge on any atom is -0.311 e. The minimum atomic E-state index is -4.02. The zero-order valence-electron chi connectivity index (χ0n) is 11.6. The normalized spacial score (nSPS) is 15.1. The second kappa shape index (κ2) is 5.50. The molecule has 1 N–H and O–H groups in total. The number of aromatic nitrogens is 2. The fourth-order valence-electron chi connectivity index (χ4n) is 2.41. The maximum atomic E-state index is 12.7. The summed E-state index contributed by atoms with van der Waals surface area (Å²) in [5, 5.41) is 18.2. The first-order valence-corrected chi connectivity index (χ1v) is 8.24. The summed E-state index contributed by atoms with van der Waals surface area (Å²) >= 11 is 0. The molecule has 0 atom stereocenters. The van der Waals surface area contributed by atoms with E-state index >= 15 is 0 Å². The first kappa shape index (κ1) is 14.7. The van der Waals surface area contributed by atoms with Crippen LogP contribution in [0.15, 0.2) is 40.3 Å². The maximum Gasteiger partial charge on any atom is 0.288 e. The van der Waals surface area contributed by atoms with Gasteiger partial charge in [0.1, 0.15) is 0 Å². The quantitative estimate of drug-likeness (QED) is 0.670. The molecule has 8 nitrogen and oxygen atoms in total. The van der Waals surface area contributed by atoms with E-state index < -0.39 is 20.4 Å². The Morgan fingerprint density at radius 1 is 1.32 bits per heavy atom. The number of nitro benzene ring substituents is 1. The van der Waals surface area contributed by atoms with Crippen molar-refractivity contribution in [2.75, 3.05) is 6.54 Å².